The summed E-state index contributed by atoms with van der Waals surface area (Å²) < 4.78 is 42.5. The van der Waals surface area contributed by atoms with Gasteiger partial charge >= 0.3 is 6.18 Å². The van der Waals surface area contributed by atoms with Gasteiger partial charge in [-0.2, -0.15) is 18.3 Å². The monoisotopic (exact) mass is 466 g/mol. The fraction of sp³-hybridized carbons (Fsp3) is 0.333. The number of anilines is 2. The number of rotatable bonds is 2. The molecule has 0 saturated carbocycles. The van der Waals surface area contributed by atoms with E-state index in [-0.39, 0.29) is 23.0 Å². The molecule has 1 aromatic carbocycles. The first-order chi connectivity index (χ1) is 14.8. The minimum atomic E-state index is -4.53. The molecule has 0 spiro atoms. The Morgan fingerprint density at radius 1 is 1.23 bits per heavy atom. The average molecular weight is 467 g/mol. The number of carbonyl (C=O) groups is 1. The summed E-state index contributed by atoms with van der Waals surface area (Å²) in [6.45, 7) is 0.461. The highest BCUT2D eigenvalue weighted by atomic mass is 35.5. The van der Waals surface area contributed by atoms with Crippen LogP contribution in [0.4, 0.5) is 24.7 Å². The van der Waals surface area contributed by atoms with Gasteiger partial charge in [-0.05, 0) is 35.9 Å². The SMILES string of the molecule is O=C(c1nn2c(c1Cl)NC(c1cccs1)CC2C(F)(F)F)N1CCCc2ccccc21. The van der Waals surface area contributed by atoms with Crippen molar-refractivity contribution in [1.29, 1.82) is 0 Å². The van der Waals surface area contributed by atoms with Gasteiger partial charge in [0.05, 0.1) is 6.04 Å². The van der Waals surface area contributed by atoms with E-state index >= 15 is 0 Å². The Morgan fingerprint density at radius 3 is 2.77 bits per heavy atom. The van der Waals surface area contributed by atoms with E-state index in [0.717, 1.165) is 33.7 Å². The maximum absolute atomic E-state index is 13.9. The Morgan fingerprint density at radius 2 is 2.03 bits per heavy atom. The number of hydrogen-bond donors (Lipinski definition) is 1. The molecule has 0 fully saturated rings. The van der Waals surface area contributed by atoms with Crippen molar-refractivity contribution in [2.24, 2.45) is 0 Å². The first-order valence-corrected chi connectivity index (χ1v) is 11.1. The zero-order valence-electron chi connectivity index (χ0n) is 16.2. The highest BCUT2D eigenvalue weighted by Crippen LogP contribution is 2.47. The number of nitrogens with one attached hydrogen (secondary N) is 1. The number of nitrogens with zero attached hydrogens (tertiary/aromatic N) is 3. The topological polar surface area (TPSA) is 50.2 Å². The summed E-state index contributed by atoms with van der Waals surface area (Å²) in [5, 5.41) is 8.89. The molecule has 4 heterocycles. The van der Waals surface area contributed by atoms with Gasteiger partial charge in [-0.15, -0.1) is 11.3 Å². The molecule has 0 radical (unpaired) electrons. The number of para-hydroxylation sites is 1. The highest BCUT2D eigenvalue weighted by Gasteiger charge is 2.48. The van der Waals surface area contributed by atoms with Crippen LogP contribution in [0.5, 0.6) is 0 Å². The zero-order valence-corrected chi connectivity index (χ0v) is 17.8. The first-order valence-electron chi connectivity index (χ1n) is 9.89. The molecule has 10 heteroatoms. The Kier molecular flexibility index (Phi) is 4.97. The number of hydrogen-bond acceptors (Lipinski definition) is 4. The van der Waals surface area contributed by atoms with E-state index in [0.29, 0.717) is 6.54 Å². The van der Waals surface area contributed by atoms with Gasteiger partial charge < -0.3 is 10.2 Å². The second-order valence-corrected chi connectivity index (χ2v) is 9.01. The minimum Gasteiger partial charge on any atom is -0.361 e. The molecule has 31 heavy (non-hydrogen) atoms. The number of aromatic nitrogens is 2. The molecule has 1 amide bonds. The fourth-order valence-electron chi connectivity index (χ4n) is 4.27. The van der Waals surface area contributed by atoms with E-state index in [1.165, 1.54) is 11.3 Å². The number of amides is 1. The zero-order chi connectivity index (χ0) is 21.8. The second-order valence-electron chi connectivity index (χ2n) is 7.65. The van der Waals surface area contributed by atoms with Crippen LogP contribution in [0.3, 0.4) is 0 Å². The summed E-state index contributed by atoms with van der Waals surface area (Å²) >= 11 is 7.84. The maximum atomic E-state index is 13.9. The number of benzene rings is 1. The number of carbonyl (C=O) groups excluding carboxylic acids is 1. The molecule has 2 atom stereocenters. The quantitative estimate of drug-likeness (QED) is 0.515. The molecule has 2 unspecified atom stereocenters. The normalized spacial score (nSPS) is 20.7. The summed E-state index contributed by atoms with van der Waals surface area (Å²) in [4.78, 5) is 15.7. The Bertz CT molecular complexity index is 1130. The second kappa shape index (κ2) is 7.56. The molecule has 2 aromatic heterocycles. The van der Waals surface area contributed by atoms with Gasteiger partial charge in [0.15, 0.2) is 11.7 Å². The van der Waals surface area contributed by atoms with E-state index in [1.807, 2.05) is 29.6 Å². The van der Waals surface area contributed by atoms with E-state index in [4.69, 9.17) is 11.6 Å². The number of alkyl halides is 3. The third kappa shape index (κ3) is 3.49. The van der Waals surface area contributed by atoms with E-state index in [2.05, 4.69) is 10.4 Å². The van der Waals surface area contributed by atoms with Crippen LogP contribution in [0.1, 0.15) is 45.9 Å². The van der Waals surface area contributed by atoms with Gasteiger partial charge in [0, 0.05) is 23.5 Å². The molecular weight excluding hydrogens is 449 g/mol. The van der Waals surface area contributed by atoms with Crippen LogP contribution < -0.4 is 10.2 Å². The van der Waals surface area contributed by atoms with E-state index in [1.54, 1.807) is 17.0 Å². The lowest BCUT2D eigenvalue weighted by Gasteiger charge is -2.32. The average Bonchev–Trinajstić information content (AvgIpc) is 3.40. The van der Waals surface area contributed by atoms with Crippen molar-refractivity contribution >= 4 is 40.4 Å². The molecule has 0 bridgehead atoms. The van der Waals surface area contributed by atoms with Crippen LogP contribution in [0.15, 0.2) is 41.8 Å². The third-order valence-corrected chi connectivity index (χ3v) is 7.08. The molecule has 5 rings (SSSR count). The van der Waals surface area contributed by atoms with Crippen LogP contribution in [-0.4, -0.2) is 28.4 Å². The van der Waals surface area contributed by atoms with Crippen LogP contribution in [0.2, 0.25) is 5.02 Å². The first kappa shape index (κ1) is 20.4. The standard InChI is InChI=1S/C21H18ClF3N4OS/c22-17-18(20(30)28-9-3-6-12-5-1-2-7-14(12)28)27-29-16(21(23,24)25)11-13(26-19(17)29)15-8-4-10-31-15/h1-2,4-5,7-8,10,13,16,26H,3,6,9,11H2. The number of fused-ring (bicyclic) bond motifs is 2. The minimum absolute atomic E-state index is 0.0299. The van der Waals surface area contributed by atoms with Crippen LogP contribution in [0.25, 0.3) is 0 Å². The van der Waals surface area contributed by atoms with E-state index < -0.39 is 24.2 Å². The number of aryl methyl sites for hydroxylation is 1. The van der Waals surface area contributed by atoms with Crippen molar-refractivity contribution in [2.45, 2.75) is 37.5 Å². The maximum Gasteiger partial charge on any atom is 0.410 e. The van der Waals surface area contributed by atoms with Gasteiger partial charge in [0.1, 0.15) is 10.8 Å². The molecular formula is C21H18ClF3N4OS. The lowest BCUT2D eigenvalue weighted by molar-refractivity contribution is -0.173. The number of thiophene rings is 1. The smallest absolute Gasteiger partial charge is 0.361 e. The van der Waals surface area contributed by atoms with Crippen LogP contribution in [0, 0.1) is 0 Å². The van der Waals surface area contributed by atoms with Gasteiger partial charge in [-0.3, -0.25) is 4.79 Å². The Hall–Kier alpha value is -2.52. The van der Waals surface area contributed by atoms with Gasteiger partial charge in [-0.25, -0.2) is 4.68 Å². The molecule has 2 aliphatic heterocycles. The van der Waals surface area contributed by atoms with Crippen molar-refractivity contribution in [3.8, 4) is 0 Å². The molecule has 5 nitrogen and oxygen atoms in total. The summed E-state index contributed by atoms with van der Waals surface area (Å²) in [6, 6.07) is 8.65. The third-order valence-electron chi connectivity index (χ3n) is 5.74. The van der Waals surface area contributed by atoms with E-state index in [9.17, 15) is 18.0 Å². The molecule has 162 valence electrons. The molecule has 0 aliphatic carbocycles. The van der Waals surface area contributed by atoms with Crippen molar-refractivity contribution in [1.82, 2.24) is 9.78 Å². The molecule has 0 saturated heterocycles. The predicted octanol–water partition coefficient (Wildman–Crippen LogP) is 5.85. The summed E-state index contributed by atoms with van der Waals surface area (Å²) in [6.07, 6.45) is -3.15. The van der Waals surface area contributed by atoms with Crippen molar-refractivity contribution < 1.29 is 18.0 Å². The van der Waals surface area contributed by atoms with Gasteiger partial charge in [0.25, 0.3) is 5.91 Å². The lowest BCUT2D eigenvalue weighted by atomic mass is 10.0. The Labute approximate surface area is 185 Å². The summed E-state index contributed by atoms with van der Waals surface area (Å²) in [5.74, 6) is -0.461. The number of halogens is 4. The van der Waals surface area contributed by atoms with Crippen molar-refractivity contribution in [3.05, 3.63) is 62.9 Å². The molecule has 3 aromatic rings. The predicted molar refractivity (Wildman–Crippen MR) is 114 cm³/mol. The summed E-state index contributed by atoms with van der Waals surface area (Å²) in [5.41, 5.74) is 1.60. The Balaban J connectivity index is 1.56. The molecule has 2 aliphatic rings. The van der Waals surface area contributed by atoms with Crippen LogP contribution in [-0.2, 0) is 6.42 Å². The highest BCUT2D eigenvalue weighted by molar-refractivity contribution is 7.10. The van der Waals surface area contributed by atoms with Crippen molar-refractivity contribution in [3.63, 3.8) is 0 Å². The van der Waals surface area contributed by atoms with Gasteiger partial charge in [-0.1, -0.05) is 35.9 Å². The fourth-order valence-corrected chi connectivity index (χ4v) is 5.33. The molecule has 1 N–H and O–H groups in total. The van der Waals surface area contributed by atoms with Crippen molar-refractivity contribution in [2.75, 3.05) is 16.8 Å². The van der Waals surface area contributed by atoms with Gasteiger partial charge in [0.2, 0.25) is 0 Å². The lowest BCUT2D eigenvalue weighted by Crippen LogP contribution is -2.37. The van der Waals surface area contributed by atoms with Crippen LogP contribution >= 0.6 is 22.9 Å². The largest absolute Gasteiger partial charge is 0.410 e. The summed E-state index contributed by atoms with van der Waals surface area (Å²) in [7, 11) is 0.